The van der Waals surface area contributed by atoms with E-state index in [1.54, 1.807) is 46.7 Å². The Kier molecular flexibility index (Phi) is 16.6. The predicted octanol–water partition coefficient (Wildman–Crippen LogP) is 0.998. The number of aldehydes is 1. The minimum atomic E-state index is -1.31. The van der Waals surface area contributed by atoms with Crippen LogP contribution in [0.2, 0.25) is 0 Å². The number of likely N-dealkylation sites (N-methyl/N-ethyl adjacent to an activating group) is 1. The number of methoxy groups -OCH3 is 2. The number of rotatable bonds is 11. The summed E-state index contributed by atoms with van der Waals surface area (Å²) in [5.41, 5.74) is -0.729. The molecule has 4 N–H and O–H groups in total. The van der Waals surface area contributed by atoms with E-state index in [4.69, 9.17) is 37.9 Å². The summed E-state index contributed by atoms with van der Waals surface area (Å²) in [4.78, 5) is 41.2. The fraction of sp³-hybridized carbons (Fsp3) is 0.923. The molecule has 0 amide bonds. The summed E-state index contributed by atoms with van der Waals surface area (Å²) >= 11 is 0. The van der Waals surface area contributed by atoms with Crippen molar-refractivity contribution in [1.29, 1.82) is 0 Å². The molecule has 0 spiro atoms. The molecule has 4 aliphatic rings. The topological polar surface area (TPSA) is 213 Å². The number of carbonyl (C=O) groups excluding carboxylic acids is 3. The van der Waals surface area contributed by atoms with E-state index in [-0.39, 0.29) is 31.7 Å². The molecule has 0 saturated carbocycles. The van der Waals surface area contributed by atoms with Gasteiger partial charge in [-0.15, -0.1) is 0 Å². The van der Waals surface area contributed by atoms with Gasteiger partial charge in [-0.3, -0.25) is 9.59 Å². The van der Waals surface area contributed by atoms with Gasteiger partial charge in [0.05, 0.1) is 61.3 Å². The number of epoxide rings is 1. The maximum Gasteiger partial charge on any atom is 0.308 e. The monoisotopic (exact) mass is 789 g/mol. The number of hydrogen-bond acceptors (Lipinski definition) is 16. The van der Waals surface area contributed by atoms with E-state index in [1.807, 2.05) is 13.8 Å². The van der Waals surface area contributed by atoms with Crippen molar-refractivity contribution in [2.45, 2.75) is 171 Å². The number of carbonyl (C=O) groups is 3. The van der Waals surface area contributed by atoms with E-state index >= 15 is 0 Å². The second-order valence-corrected chi connectivity index (χ2v) is 16.5. The number of aliphatic hydroxyl groups is 4. The van der Waals surface area contributed by atoms with E-state index in [0.29, 0.717) is 12.8 Å². The minimum absolute atomic E-state index is 0.0120. The third-order valence-corrected chi connectivity index (χ3v) is 12.4. The molecule has 4 fully saturated rings. The SMILES string of the molecule is CC[C@H]1OC(=O)C[C@@H](O)[C@H](C)[C@@H](O[C@@H]2O[C@H](C)[C@@H](O)[C@H](N(C)C)[C@H]2O)[C@@H](CC=O)C[C@@H](C)C(=O)CC[C@@]2(C)O[C@@H]2[C@@H]1CO[C@@H]1O[C@H](C)[C@@H](O)[C@@H](OC)[C@H]1OC. The molecule has 16 heteroatoms. The van der Waals surface area contributed by atoms with Crippen LogP contribution in [0.15, 0.2) is 0 Å². The molecule has 0 radical (unpaired) electrons. The van der Waals surface area contributed by atoms with Crippen molar-refractivity contribution in [3.8, 4) is 0 Å². The van der Waals surface area contributed by atoms with Gasteiger partial charge in [-0.05, 0) is 60.0 Å². The van der Waals surface area contributed by atoms with E-state index in [0.717, 1.165) is 6.29 Å². The molecule has 16 nitrogen and oxygen atoms in total. The molecule has 19 atom stereocenters. The lowest BCUT2D eigenvalue weighted by atomic mass is 9.79. The van der Waals surface area contributed by atoms with Crippen molar-refractivity contribution in [2.24, 2.45) is 23.7 Å². The molecule has 0 unspecified atom stereocenters. The smallest absolute Gasteiger partial charge is 0.308 e. The predicted molar refractivity (Wildman–Crippen MR) is 196 cm³/mol. The summed E-state index contributed by atoms with van der Waals surface area (Å²) in [6.45, 7) is 10.7. The van der Waals surface area contributed by atoms with Crippen LogP contribution < -0.4 is 0 Å². The van der Waals surface area contributed by atoms with Crippen molar-refractivity contribution < 1.29 is 72.7 Å². The summed E-state index contributed by atoms with van der Waals surface area (Å²) in [5.74, 6) is -3.10. The zero-order valence-corrected chi connectivity index (χ0v) is 34.1. The summed E-state index contributed by atoms with van der Waals surface area (Å²) in [6, 6.07) is -0.737. The van der Waals surface area contributed by atoms with Gasteiger partial charge in [-0.2, -0.15) is 0 Å². The maximum atomic E-state index is 13.7. The van der Waals surface area contributed by atoms with Gasteiger partial charge in [-0.1, -0.05) is 20.8 Å². The Morgan fingerprint density at radius 3 is 2.15 bits per heavy atom. The van der Waals surface area contributed by atoms with Crippen LogP contribution in [0.4, 0.5) is 0 Å². The normalized spacial score (nSPS) is 46.5. The van der Waals surface area contributed by atoms with Crippen LogP contribution in [-0.2, 0) is 52.3 Å². The Bertz CT molecular complexity index is 1260. The summed E-state index contributed by atoms with van der Waals surface area (Å²) in [7, 11) is 6.38. The molecule has 4 saturated heterocycles. The highest BCUT2D eigenvalue weighted by Gasteiger charge is 2.59. The Balaban J connectivity index is 1.62. The number of esters is 1. The second kappa shape index (κ2) is 19.9. The molecule has 0 aromatic rings. The maximum absolute atomic E-state index is 13.7. The largest absolute Gasteiger partial charge is 0.462 e. The molecule has 318 valence electrons. The van der Waals surface area contributed by atoms with Crippen molar-refractivity contribution in [3.63, 3.8) is 0 Å². The minimum Gasteiger partial charge on any atom is -0.462 e. The zero-order chi connectivity index (χ0) is 40.9. The number of aliphatic hydroxyl groups excluding tert-OH is 4. The first kappa shape index (κ1) is 46.0. The number of nitrogens with zero attached hydrogens (tertiary/aromatic N) is 1. The highest BCUT2D eigenvalue weighted by atomic mass is 16.7. The fourth-order valence-electron chi connectivity index (χ4n) is 8.75. The summed E-state index contributed by atoms with van der Waals surface area (Å²) < 4.78 is 48.2. The third kappa shape index (κ3) is 10.7. The van der Waals surface area contributed by atoms with E-state index in [1.165, 1.54) is 14.2 Å². The van der Waals surface area contributed by atoms with Crippen LogP contribution in [0.1, 0.15) is 80.1 Å². The van der Waals surface area contributed by atoms with Gasteiger partial charge in [0.15, 0.2) is 12.6 Å². The van der Waals surface area contributed by atoms with Crippen molar-refractivity contribution in [3.05, 3.63) is 0 Å². The molecule has 0 aromatic heterocycles. The number of cyclic esters (lactones) is 1. The average molecular weight is 790 g/mol. The molecule has 0 aromatic carbocycles. The fourth-order valence-corrected chi connectivity index (χ4v) is 8.75. The van der Waals surface area contributed by atoms with Gasteiger partial charge in [0, 0.05) is 44.8 Å². The zero-order valence-electron chi connectivity index (χ0n) is 34.1. The Hall–Kier alpha value is -1.67. The van der Waals surface area contributed by atoms with Crippen LogP contribution in [0, 0.1) is 23.7 Å². The van der Waals surface area contributed by atoms with Crippen molar-refractivity contribution >= 4 is 18.0 Å². The lowest BCUT2D eigenvalue weighted by molar-refractivity contribution is -0.305. The number of hydrogen-bond donors (Lipinski definition) is 4. The third-order valence-electron chi connectivity index (χ3n) is 12.4. The standard InChI is InChI=1S/C39H67NO15/c1-11-27-24(18-50-38-35(49-10)34(48-9)31(46)22(5)52-38)36-39(6,55-36)14-12-25(42)19(2)16-23(13-15-41)33(20(3)26(43)17-28(44)53-27)54-37-32(47)29(40(7)8)30(45)21(4)51-37/h15,19-24,26-27,29-38,43,45-47H,11-14,16-18H2,1-10H3/t19-,20+,21-,22-,23+,24-,26-,27-,29+,30-,31-,32-,33-,34-,35-,36-,37+,38-,39-/m1/s1. The molecule has 0 aliphatic carbocycles. The van der Waals surface area contributed by atoms with Gasteiger partial charge in [0.2, 0.25) is 0 Å². The Labute approximate surface area is 325 Å². The lowest BCUT2D eigenvalue weighted by Gasteiger charge is -2.46. The molecule has 4 rings (SSSR count). The molecule has 4 aliphatic heterocycles. The van der Waals surface area contributed by atoms with Crippen molar-refractivity contribution in [1.82, 2.24) is 4.90 Å². The Morgan fingerprint density at radius 1 is 0.909 bits per heavy atom. The lowest BCUT2D eigenvalue weighted by Crippen LogP contribution is -2.63. The molecular weight excluding hydrogens is 722 g/mol. The van der Waals surface area contributed by atoms with Crippen LogP contribution in [0.5, 0.6) is 0 Å². The van der Waals surface area contributed by atoms with Gasteiger partial charge >= 0.3 is 5.97 Å². The highest BCUT2D eigenvalue weighted by Crippen LogP contribution is 2.47. The first-order valence-electron chi connectivity index (χ1n) is 19.8. The second-order valence-electron chi connectivity index (χ2n) is 16.5. The first-order valence-corrected chi connectivity index (χ1v) is 19.8. The van der Waals surface area contributed by atoms with Gasteiger partial charge in [-0.25, -0.2) is 0 Å². The quantitative estimate of drug-likeness (QED) is 0.131. The summed E-state index contributed by atoms with van der Waals surface area (Å²) in [6.07, 6.45) is -10.1. The van der Waals surface area contributed by atoms with Crippen LogP contribution in [0.25, 0.3) is 0 Å². The van der Waals surface area contributed by atoms with Gasteiger partial charge in [0.25, 0.3) is 0 Å². The highest BCUT2D eigenvalue weighted by molar-refractivity contribution is 5.80. The molecule has 55 heavy (non-hydrogen) atoms. The molecule has 0 bridgehead atoms. The van der Waals surface area contributed by atoms with Gasteiger partial charge < -0.3 is 68.0 Å². The number of ketones is 1. The van der Waals surface area contributed by atoms with E-state index < -0.39 is 127 Å². The van der Waals surface area contributed by atoms with Crippen LogP contribution in [-0.4, -0.2) is 170 Å². The molecular formula is C39H67NO15. The number of fused-ring (bicyclic) bond motifs is 1. The van der Waals surface area contributed by atoms with Crippen LogP contribution >= 0.6 is 0 Å². The van der Waals surface area contributed by atoms with Crippen LogP contribution in [0.3, 0.4) is 0 Å². The van der Waals surface area contributed by atoms with Gasteiger partial charge in [0.1, 0.15) is 42.6 Å². The first-order chi connectivity index (χ1) is 25.9. The summed E-state index contributed by atoms with van der Waals surface area (Å²) in [5, 5.41) is 44.4. The van der Waals surface area contributed by atoms with Crippen molar-refractivity contribution in [2.75, 3.05) is 34.9 Å². The Morgan fingerprint density at radius 2 is 1.55 bits per heavy atom. The van der Waals surface area contributed by atoms with E-state index in [2.05, 4.69) is 0 Å². The average Bonchev–Trinajstić information content (AvgIpc) is 3.81. The number of Topliss-reactive ketones (excluding diaryl/α,β-unsaturated/α-hetero) is 1. The van der Waals surface area contributed by atoms with E-state index in [9.17, 15) is 34.8 Å². The molecule has 4 heterocycles. The number of ether oxygens (including phenoxy) is 8.